The second-order valence-corrected chi connectivity index (χ2v) is 11.1. The molecule has 0 aliphatic heterocycles. The first-order valence-electron chi connectivity index (χ1n) is 14.0. The topological polar surface area (TPSA) is 123 Å². The average molecular weight is 555 g/mol. The van der Waals surface area contributed by atoms with Gasteiger partial charge in [0.25, 0.3) is 0 Å². The molecule has 2 aromatic carbocycles. The van der Waals surface area contributed by atoms with Crippen molar-refractivity contribution in [2.45, 2.75) is 84.0 Å². The van der Waals surface area contributed by atoms with Crippen LogP contribution in [0.3, 0.4) is 0 Å². The molecule has 0 aliphatic carbocycles. The van der Waals surface area contributed by atoms with Gasteiger partial charge in [0, 0.05) is 6.42 Å². The van der Waals surface area contributed by atoms with Gasteiger partial charge in [-0.2, -0.15) is 0 Å². The maximum absolute atomic E-state index is 13.7. The summed E-state index contributed by atoms with van der Waals surface area (Å²) in [6, 6.07) is 15.2. The Morgan fingerprint density at radius 2 is 1.40 bits per heavy atom. The zero-order valence-electron chi connectivity index (χ0n) is 25.3. The second-order valence-electron chi connectivity index (χ2n) is 11.1. The molecule has 9 nitrogen and oxygen atoms in total. The lowest BCUT2D eigenvalue weighted by Gasteiger charge is -2.27. The number of methoxy groups -OCH3 is 1. The van der Waals surface area contributed by atoms with Gasteiger partial charge < -0.3 is 25.4 Å². The van der Waals surface area contributed by atoms with Crippen molar-refractivity contribution in [2.75, 3.05) is 7.11 Å². The Balaban J connectivity index is 2.28. The van der Waals surface area contributed by atoms with Gasteiger partial charge in [0.15, 0.2) is 1.41 Å². The molecule has 0 unspecified atom stereocenters. The first-order valence-corrected chi connectivity index (χ1v) is 13.6. The lowest BCUT2D eigenvalue weighted by molar-refractivity contribution is -0.145. The number of rotatable bonds is 13. The molecule has 0 aliphatic rings. The molecule has 0 aromatic heterocycles. The molecule has 0 spiro atoms. The molecule has 3 atom stereocenters. The summed E-state index contributed by atoms with van der Waals surface area (Å²) in [6.07, 6.45) is 0.184. The first kappa shape index (κ1) is 30.7. The zero-order valence-corrected chi connectivity index (χ0v) is 24.3. The van der Waals surface area contributed by atoms with E-state index in [0.717, 1.165) is 11.1 Å². The van der Waals surface area contributed by atoms with Gasteiger partial charge >= 0.3 is 12.1 Å². The summed E-state index contributed by atoms with van der Waals surface area (Å²) >= 11 is 0. The van der Waals surface area contributed by atoms with Crippen LogP contribution in [0.1, 0.15) is 58.6 Å². The van der Waals surface area contributed by atoms with Gasteiger partial charge in [0.2, 0.25) is 11.8 Å². The fourth-order valence-electron chi connectivity index (χ4n) is 4.02. The highest BCUT2D eigenvalue weighted by molar-refractivity contribution is 5.93. The van der Waals surface area contributed by atoms with Gasteiger partial charge in [-0.05, 0) is 57.1 Å². The Labute approximate surface area is 238 Å². The van der Waals surface area contributed by atoms with Crippen molar-refractivity contribution < 1.29 is 30.1 Å². The van der Waals surface area contributed by atoms with Crippen molar-refractivity contribution in [1.82, 2.24) is 15.9 Å². The first-order chi connectivity index (χ1) is 19.3. The minimum atomic E-state index is -1.22. The van der Waals surface area contributed by atoms with Crippen LogP contribution < -0.4 is 15.9 Å². The molecule has 2 rings (SSSR count). The summed E-state index contributed by atoms with van der Waals surface area (Å²) in [4.78, 5) is 52.3. The summed E-state index contributed by atoms with van der Waals surface area (Å²) in [6.45, 7) is 8.86. The van der Waals surface area contributed by atoms with Crippen LogP contribution >= 0.6 is 0 Å². The van der Waals surface area contributed by atoms with E-state index in [1.807, 2.05) is 74.5 Å². The number of carbonyl (C=O) groups excluding carboxylic acids is 4. The highest BCUT2D eigenvalue weighted by Gasteiger charge is 2.31. The number of aryl methyl sites for hydroxylation is 1. The van der Waals surface area contributed by atoms with Crippen LogP contribution in [0.5, 0.6) is 0 Å². The molecule has 0 heterocycles. The van der Waals surface area contributed by atoms with Crippen molar-refractivity contribution in [2.24, 2.45) is 5.92 Å². The minimum absolute atomic E-state index is 0.0568. The van der Waals surface area contributed by atoms with E-state index >= 15 is 0 Å². The highest BCUT2D eigenvalue weighted by atomic mass is 16.6. The number of nitrogens with one attached hydrogen (secondary N) is 3. The summed E-state index contributed by atoms with van der Waals surface area (Å²) in [5, 5.41) is 5.89. The van der Waals surface area contributed by atoms with Crippen LogP contribution in [0.4, 0.5) is 4.79 Å². The summed E-state index contributed by atoms with van der Waals surface area (Å²) in [5.74, 6) is -2.11. The highest BCUT2D eigenvalue weighted by Crippen LogP contribution is 2.12. The van der Waals surface area contributed by atoms with Gasteiger partial charge in [0.1, 0.15) is 23.7 Å². The van der Waals surface area contributed by atoms with Crippen LogP contribution in [0.2, 0.25) is 1.41 Å². The molecule has 9 heteroatoms. The van der Waals surface area contributed by atoms with Crippen molar-refractivity contribution in [1.29, 1.82) is 0 Å². The molecule has 0 fully saturated rings. The minimum Gasteiger partial charge on any atom is -0.467 e. The Hall–Kier alpha value is -3.88. The molecule has 0 bridgehead atoms. The fourth-order valence-corrected chi connectivity index (χ4v) is 4.02. The van der Waals surface area contributed by atoms with Crippen molar-refractivity contribution >= 4 is 23.9 Å². The third-order valence-electron chi connectivity index (χ3n) is 5.92. The van der Waals surface area contributed by atoms with Crippen molar-refractivity contribution in [3.63, 3.8) is 0 Å². The molecule has 40 heavy (non-hydrogen) atoms. The lowest BCUT2D eigenvalue weighted by atomic mass is 10.00. The van der Waals surface area contributed by atoms with E-state index in [0.29, 0.717) is 11.7 Å². The number of hydrogen-bond acceptors (Lipinski definition) is 6. The van der Waals surface area contributed by atoms with E-state index < -0.39 is 47.6 Å². The van der Waals surface area contributed by atoms with Gasteiger partial charge in [0.05, 0.1) is 7.11 Å². The van der Waals surface area contributed by atoms with E-state index in [9.17, 15) is 19.2 Å². The van der Waals surface area contributed by atoms with Crippen LogP contribution in [-0.2, 0) is 36.7 Å². The van der Waals surface area contributed by atoms with Crippen molar-refractivity contribution in [3.05, 3.63) is 71.8 Å². The standard InChI is InChI=1S/C31H43N3O6/c1-21(2)19-25(28(36)33-26(29(37)39-6)20-23-15-11-8-12-16-23)32-27(35)24(34-30(38)40-31(3,4)5)18-17-22-13-9-7-10-14-22/h7-16,21,24-26H,17-20H2,1-6H3,(H,32,35)(H,33,36)(H,34,38)/t24-,25+,26+/m1/s1/i/hD. The van der Waals surface area contributed by atoms with E-state index in [1.165, 1.54) is 7.11 Å². The quantitative estimate of drug-likeness (QED) is 0.322. The molecule has 3 N–H and O–H groups in total. The summed E-state index contributed by atoms with van der Waals surface area (Å²) < 4.78 is 19.0. The summed E-state index contributed by atoms with van der Waals surface area (Å²) in [5.41, 5.74) is 0.968. The zero-order chi connectivity index (χ0) is 30.6. The van der Waals surface area contributed by atoms with Crippen molar-refractivity contribution in [3.8, 4) is 0 Å². The SMILES string of the molecule is [2H]N(C(=O)[C@@H](CCc1ccccc1)NC(=O)OC(C)(C)C)[C@@H](CC(C)C)C(=O)N[C@@H](Cc1ccccc1)C(=O)OC. The van der Waals surface area contributed by atoms with Crippen LogP contribution in [-0.4, -0.2) is 54.7 Å². The van der Waals surface area contributed by atoms with Gasteiger partial charge in [-0.15, -0.1) is 0 Å². The van der Waals surface area contributed by atoms with Crippen LogP contribution in [0.15, 0.2) is 60.7 Å². The molecular formula is C31H43N3O6. The predicted molar refractivity (Wildman–Crippen MR) is 153 cm³/mol. The van der Waals surface area contributed by atoms with E-state index in [4.69, 9.17) is 10.9 Å². The number of esters is 1. The lowest BCUT2D eigenvalue weighted by Crippen LogP contribution is -2.56. The maximum atomic E-state index is 13.7. The van der Waals surface area contributed by atoms with E-state index in [2.05, 4.69) is 10.6 Å². The molecule has 218 valence electrons. The molecular weight excluding hydrogens is 510 g/mol. The second kappa shape index (κ2) is 15.6. The number of hydrogen-bond donors (Lipinski definition) is 3. The Bertz CT molecular complexity index is 1140. The molecule has 0 saturated carbocycles. The predicted octanol–water partition coefficient (Wildman–Crippen LogP) is 3.94. The van der Waals surface area contributed by atoms with E-state index in [-0.39, 0.29) is 25.2 Å². The third kappa shape index (κ3) is 11.9. The summed E-state index contributed by atoms with van der Waals surface area (Å²) in [7, 11) is 1.23. The van der Waals surface area contributed by atoms with Gasteiger partial charge in [-0.3, -0.25) is 9.59 Å². The van der Waals surface area contributed by atoms with Gasteiger partial charge in [-0.1, -0.05) is 74.5 Å². The monoisotopic (exact) mass is 554 g/mol. The molecule has 0 radical (unpaired) electrons. The number of alkyl carbamates (subject to hydrolysis) is 1. The molecule has 3 amide bonds. The fraction of sp³-hybridized carbons (Fsp3) is 0.484. The average Bonchev–Trinajstić information content (AvgIpc) is 2.92. The largest absolute Gasteiger partial charge is 0.467 e. The number of benzene rings is 2. The normalized spacial score (nSPS) is 13.8. The smallest absolute Gasteiger partial charge is 0.408 e. The van der Waals surface area contributed by atoms with E-state index in [1.54, 1.807) is 20.8 Å². The maximum Gasteiger partial charge on any atom is 0.408 e. The molecule has 0 saturated heterocycles. The molecule has 2 aromatic rings. The van der Waals surface area contributed by atoms with Crippen LogP contribution in [0.25, 0.3) is 0 Å². The Kier molecular flexibility index (Phi) is 12.0. The van der Waals surface area contributed by atoms with Crippen LogP contribution in [0, 0.1) is 5.92 Å². The Morgan fingerprint density at radius 1 is 0.825 bits per heavy atom. The number of amides is 3. The van der Waals surface area contributed by atoms with Gasteiger partial charge in [-0.25, -0.2) is 9.59 Å². The Morgan fingerprint density at radius 3 is 1.93 bits per heavy atom. The number of ether oxygens (including phenoxy) is 2. The third-order valence-corrected chi connectivity index (χ3v) is 5.92. The number of carbonyl (C=O) groups is 4.